The van der Waals surface area contributed by atoms with Gasteiger partial charge < -0.3 is 4.74 Å². The summed E-state index contributed by atoms with van der Waals surface area (Å²) in [5, 5.41) is 10.8. The van der Waals surface area contributed by atoms with Crippen molar-refractivity contribution in [2.45, 2.75) is 45.1 Å². The Bertz CT molecular complexity index is 478. The molecule has 0 atom stereocenters. The quantitative estimate of drug-likeness (QED) is 0.553. The summed E-state index contributed by atoms with van der Waals surface area (Å²) < 4.78 is 5.87. The van der Waals surface area contributed by atoms with Crippen molar-refractivity contribution in [1.82, 2.24) is 0 Å². The van der Waals surface area contributed by atoms with E-state index in [2.05, 4.69) is 13.8 Å². The highest BCUT2D eigenvalue weighted by Gasteiger charge is 2.39. The van der Waals surface area contributed by atoms with Gasteiger partial charge in [0.2, 0.25) is 0 Å². The summed E-state index contributed by atoms with van der Waals surface area (Å²) in [6.45, 7) is 8.28. The van der Waals surface area contributed by atoms with Crippen molar-refractivity contribution in [3.8, 4) is 5.75 Å². The second-order valence-corrected chi connectivity index (χ2v) is 5.86. The van der Waals surface area contributed by atoms with Crippen LogP contribution in [0.5, 0.6) is 5.75 Å². The topological polar surface area (TPSA) is 52.4 Å². The van der Waals surface area contributed by atoms with E-state index >= 15 is 0 Å². The molecule has 0 saturated carbocycles. The number of benzene rings is 1. The molecule has 0 saturated heterocycles. The van der Waals surface area contributed by atoms with Crippen LogP contribution in [-0.2, 0) is 5.41 Å². The Morgan fingerprint density at radius 2 is 1.94 bits per heavy atom. The van der Waals surface area contributed by atoms with Gasteiger partial charge >= 0.3 is 0 Å². The number of ether oxygens (including phenoxy) is 1. The molecule has 2 rings (SSSR count). The van der Waals surface area contributed by atoms with E-state index in [1.165, 1.54) is 6.07 Å². The molecule has 0 fully saturated rings. The van der Waals surface area contributed by atoms with Gasteiger partial charge in [-0.3, -0.25) is 10.1 Å². The molecule has 0 unspecified atom stereocenters. The number of non-ortho nitro benzene ring substituents is 1. The molecule has 0 aromatic heterocycles. The summed E-state index contributed by atoms with van der Waals surface area (Å²) in [5.74, 6) is 0.761. The molecule has 17 heavy (non-hydrogen) atoms. The van der Waals surface area contributed by atoms with Crippen molar-refractivity contribution in [2.24, 2.45) is 0 Å². The predicted molar refractivity (Wildman–Crippen MR) is 65.4 cm³/mol. The molecule has 92 valence electrons. The summed E-state index contributed by atoms with van der Waals surface area (Å²) in [7, 11) is 0. The van der Waals surface area contributed by atoms with Crippen molar-refractivity contribution in [3.05, 3.63) is 33.9 Å². The van der Waals surface area contributed by atoms with Gasteiger partial charge in [-0.15, -0.1) is 0 Å². The first-order valence-corrected chi connectivity index (χ1v) is 5.69. The molecule has 1 aliphatic rings. The summed E-state index contributed by atoms with van der Waals surface area (Å²) in [6.07, 6.45) is 0.841. The summed E-state index contributed by atoms with van der Waals surface area (Å²) in [4.78, 5) is 10.4. The van der Waals surface area contributed by atoms with E-state index in [1.807, 2.05) is 13.8 Å². The minimum Gasteiger partial charge on any atom is -0.488 e. The molecular formula is C13H17NO3. The minimum absolute atomic E-state index is 0.108. The van der Waals surface area contributed by atoms with Crippen LogP contribution in [0.15, 0.2) is 18.2 Å². The molecule has 0 amide bonds. The third kappa shape index (κ3) is 2.12. The molecule has 4 heteroatoms. The molecule has 1 aromatic carbocycles. The average molecular weight is 235 g/mol. The van der Waals surface area contributed by atoms with E-state index < -0.39 is 0 Å². The first kappa shape index (κ1) is 11.9. The van der Waals surface area contributed by atoms with Gasteiger partial charge in [0, 0.05) is 17.7 Å². The summed E-state index contributed by atoms with van der Waals surface area (Å²) in [6, 6.07) is 4.83. The molecule has 0 radical (unpaired) electrons. The standard InChI is InChI=1S/C13H17NO3/c1-12(2)8-13(3,4)17-11-6-5-9(14(15)16)7-10(11)12/h5-7H,8H2,1-4H3. The second-order valence-electron chi connectivity index (χ2n) is 5.86. The molecule has 4 nitrogen and oxygen atoms in total. The van der Waals surface area contributed by atoms with Crippen molar-refractivity contribution in [1.29, 1.82) is 0 Å². The molecule has 0 aliphatic carbocycles. The zero-order valence-corrected chi connectivity index (χ0v) is 10.6. The van der Waals surface area contributed by atoms with E-state index in [0.717, 1.165) is 17.7 Å². The van der Waals surface area contributed by atoms with E-state index in [4.69, 9.17) is 4.74 Å². The Balaban J connectivity index is 2.55. The van der Waals surface area contributed by atoms with Gasteiger partial charge in [-0.05, 0) is 31.7 Å². The van der Waals surface area contributed by atoms with Crippen LogP contribution in [0.25, 0.3) is 0 Å². The number of hydrogen-bond acceptors (Lipinski definition) is 3. The Morgan fingerprint density at radius 1 is 1.29 bits per heavy atom. The van der Waals surface area contributed by atoms with Crippen molar-refractivity contribution < 1.29 is 9.66 Å². The third-order valence-corrected chi connectivity index (χ3v) is 3.16. The smallest absolute Gasteiger partial charge is 0.269 e. The monoisotopic (exact) mass is 235 g/mol. The van der Waals surface area contributed by atoms with Gasteiger partial charge in [-0.2, -0.15) is 0 Å². The fourth-order valence-electron chi connectivity index (χ4n) is 2.74. The van der Waals surface area contributed by atoms with Crippen LogP contribution in [0, 0.1) is 10.1 Å². The van der Waals surface area contributed by atoms with Gasteiger partial charge in [0.05, 0.1) is 4.92 Å². The largest absolute Gasteiger partial charge is 0.488 e. The maximum Gasteiger partial charge on any atom is 0.269 e. The average Bonchev–Trinajstić information content (AvgIpc) is 2.13. The maximum atomic E-state index is 10.8. The zero-order valence-electron chi connectivity index (χ0n) is 10.6. The fourth-order valence-corrected chi connectivity index (χ4v) is 2.74. The first-order valence-electron chi connectivity index (χ1n) is 5.69. The van der Waals surface area contributed by atoms with Crippen molar-refractivity contribution in [3.63, 3.8) is 0 Å². The molecular weight excluding hydrogens is 218 g/mol. The van der Waals surface area contributed by atoms with E-state index in [9.17, 15) is 10.1 Å². The van der Waals surface area contributed by atoms with Crippen LogP contribution in [0.4, 0.5) is 5.69 Å². The maximum absolute atomic E-state index is 10.8. The number of nitro benzene ring substituents is 1. The highest BCUT2D eigenvalue weighted by molar-refractivity contribution is 5.49. The lowest BCUT2D eigenvalue weighted by Crippen LogP contribution is -2.41. The summed E-state index contributed by atoms with van der Waals surface area (Å²) in [5.41, 5.74) is 0.710. The molecule has 1 aliphatic heterocycles. The Kier molecular flexibility index (Phi) is 2.42. The normalized spacial score (nSPS) is 20.2. The van der Waals surface area contributed by atoms with Crippen molar-refractivity contribution >= 4 is 5.69 Å². The molecule has 1 aromatic rings. The Labute approximate surface area is 101 Å². The van der Waals surface area contributed by atoms with E-state index in [-0.39, 0.29) is 21.6 Å². The van der Waals surface area contributed by atoms with Gasteiger partial charge in [-0.25, -0.2) is 0 Å². The van der Waals surface area contributed by atoms with Crippen LogP contribution in [-0.4, -0.2) is 10.5 Å². The van der Waals surface area contributed by atoms with Crippen molar-refractivity contribution in [2.75, 3.05) is 0 Å². The molecule has 0 N–H and O–H groups in total. The second kappa shape index (κ2) is 3.45. The number of rotatable bonds is 1. The fraction of sp³-hybridized carbons (Fsp3) is 0.538. The number of nitrogens with zero attached hydrogens (tertiary/aromatic N) is 1. The van der Waals surface area contributed by atoms with Crippen LogP contribution in [0.3, 0.4) is 0 Å². The SMILES string of the molecule is CC1(C)CC(C)(C)c2cc([N+](=O)[O-])ccc2O1. The lowest BCUT2D eigenvalue weighted by atomic mass is 9.73. The molecule has 0 bridgehead atoms. The number of hydrogen-bond donors (Lipinski definition) is 0. The van der Waals surface area contributed by atoms with Crippen LogP contribution in [0.2, 0.25) is 0 Å². The number of fused-ring (bicyclic) bond motifs is 1. The van der Waals surface area contributed by atoms with Gasteiger partial charge in [0.1, 0.15) is 11.4 Å². The first-order chi connectivity index (χ1) is 7.71. The van der Waals surface area contributed by atoms with Gasteiger partial charge in [0.15, 0.2) is 0 Å². The van der Waals surface area contributed by atoms with Gasteiger partial charge in [0.25, 0.3) is 5.69 Å². The van der Waals surface area contributed by atoms with Crippen LogP contribution in [0.1, 0.15) is 39.7 Å². The van der Waals surface area contributed by atoms with E-state index in [1.54, 1.807) is 12.1 Å². The highest BCUT2D eigenvalue weighted by Crippen LogP contribution is 2.45. The Hall–Kier alpha value is -1.58. The minimum atomic E-state index is -0.365. The predicted octanol–water partition coefficient (Wildman–Crippen LogP) is 3.43. The highest BCUT2D eigenvalue weighted by atomic mass is 16.6. The zero-order chi connectivity index (χ0) is 12.8. The summed E-state index contributed by atoms with van der Waals surface area (Å²) >= 11 is 0. The Morgan fingerprint density at radius 3 is 2.53 bits per heavy atom. The van der Waals surface area contributed by atoms with Crippen LogP contribution < -0.4 is 4.74 Å². The third-order valence-electron chi connectivity index (χ3n) is 3.16. The lowest BCUT2D eigenvalue weighted by molar-refractivity contribution is -0.385. The van der Waals surface area contributed by atoms with E-state index in [0.29, 0.717) is 0 Å². The number of nitro groups is 1. The molecule has 0 spiro atoms. The lowest BCUT2D eigenvalue weighted by Gasteiger charge is -2.42. The van der Waals surface area contributed by atoms with Crippen LogP contribution >= 0.6 is 0 Å². The van der Waals surface area contributed by atoms with Gasteiger partial charge in [-0.1, -0.05) is 13.8 Å². The molecule has 1 heterocycles.